The molecule has 142 valence electrons. The molecule has 0 aliphatic heterocycles. The normalized spacial score (nSPS) is 11.3. The SMILES string of the molecule is NC(=O)CC[C@H](NC(=O)OCc1ccccc1)C(=O)Nc1cccc(Br)c1. The van der Waals surface area contributed by atoms with Crippen LogP contribution in [0, 0.1) is 0 Å². The van der Waals surface area contributed by atoms with Crippen LogP contribution in [0.1, 0.15) is 18.4 Å². The van der Waals surface area contributed by atoms with Crippen LogP contribution in [0.4, 0.5) is 10.5 Å². The maximum atomic E-state index is 12.5. The largest absolute Gasteiger partial charge is 0.445 e. The average molecular weight is 434 g/mol. The Morgan fingerprint density at radius 2 is 1.81 bits per heavy atom. The van der Waals surface area contributed by atoms with Crippen LogP contribution in [0.3, 0.4) is 0 Å². The minimum atomic E-state index is -0.959. The molecule has 0 radical (unpaired) electrons. The Kier molecular flexibility index (Phi) is 7.81. The van der Waals surface area contributed by atoms with Crippen LogP contribution in [0.25, 0.3) is 0 Å². The summed E-state index contributed by atoms with van der Waals surface area (Å²) in [5.41, 5.74) is 6.53. The summed E-state index contributed by atoms with van der Waals surface area (Å²) in [6.45, 7) is 0.0719. The average Bonchev–Trinajstić information content (AvgIpc) is 2.64. The van der Waals surface area contributed by atoms with Gasteiger partial charge in [0.1, 0.15) is 12.6 Å². The third kappa shape index (κ3) is 7.49. The monoisotopic (exact) mass is 433 g/mol. The molecule has 2 aromatic carbocycles. The van der Waals surface area contributed by atoms with Gasteiger partial charge in [0.25, 0.3) is 0 Å². The van der Waals surface area contributed by atoms with E-state index in [2.05, 4.69) is 26.6 Å². The Hall–Kier alpha value is -2.87. The van der Waals surface area contributed by atoms with Crippen molar-refractivity contribution in [2.24, 2.45) is 5.73 Å². The highest BCUT2D eigenvalue weighted by Crippen LogP contribution is 2.16. The lowest BCUT2D eigenvalue weighted by atomic mass is 10.1. The molecule has 4 N–H and O–H groups in total. The molecule has 0 aromatic heterocycles. The van der Waals surface area contributed by atoms with Crippen molar-refractivity contribution in [3.63, 3.8) is 0 Å². The summed E-state index contributed by atoms with van der Waals surface area (Å²) in [6, 6.07) is 15.2. The fourth-order valence-electron chi connectivity index (χ4n) is 2.26. The molecule has 2 rings (SSSR count). The number of benzene rings is 2. The van der Waals surface area contributed by atoms with Crippen LogP contribution in [0.2, 0.25) is 0 Å². The Labute approximate surface area is 165 Å². The molecule has 0 unspecified atom stereocenters. The van der Waals surface area contributed by atoms with E-state index >= 15 is 0 Å². The number of halogens is 1. The number of rotatable bonds is 8. The standard InChI is InChI=1S/C19H20BrN3O4/c20-14-7-4-8-15(11-14)22-18(25)16(9-10-17(21)24)23-19(26)27-12-13-5-2-1-3-6-13/h1-8,11,16H,9-10,12H2,(H2,21,24)(H,22,25)(H,23,26)/t16-/m0/s1. The summed E-state index contributed by atoms with van der Waals surface area (Å²) in [6.07, 6.45) is -0.733. The molecule has 8 heteroatoms. The predicted octanol–water partition coefficient (Wildman–Crippen LogP) is 2.95. The third-order valence-electron chi connectivity index (χ3n) is 3.59. The van der Waals surface area contributed by atoms with Gasteiger partial charge >= 0.3 is 6.09 Å². The van der Waals surface area contributed by atoms with Gasteiger partial charge in [-0.3, -0.25) is 9.59 Å². The van der Waals surface area contributed by atoms with E-state index in [1.807, 2.05) is 36.4 Å². The number of amides is 3. The number of primary amides is 1. The van der Waals surface area contributed by atoms with Gasteiger partial charge in [-0.15, -0.1) is 0 Å². The van der Waals surface area contributed by atoms with Gasteiger partial charge in [-0.2, -0.15) is 0 Å². The summed E-state index contributed by atoms with van der Waals surface area (Å²) in [5.74, 6) is -1.03. The Morgan fingerprint density at radius 3 is 2.48 bits per heavy atom. The molecule has 0 spiro atoms. The molecule has 3 amide bonds. The van der Waals surface area contributed by atoms with Crippen molar-refractivity contribution in [2.45, 2.75) is 25.5 Å². The smallest absolute Gasteiger partial charge is 0.408 e. The van der Waals surface area contributed by atoms with E-state index in [9.17, 15) is 14.4 Å². The molecule has 27 heavy (non-hydrogen) atoms. The Morgan fingerprint density at radius 1 is 1.07 bits per heavy atom. The van der Waals surface area contributed by atoms with Gasteiger partial charge in [0, 0.05) is 16.6 Å². The molecular weight excluding hydrogens is 414 g/mol. The van der Waals surface area contributed by atoms with Crippen LogP contribution in [0.5, 0.6) is 0 Å². The fourth-order valence-corrected chi connectivity index (χ4v) is 2.66. The van der Waals surface area contributed by atoms with Crippen molar-refractivity contribution in [3.05, 3.63) is 64.6 Å². The van der Waals surface area contributed by atoms with Crippen molar-refractivity contribution in [2.75, 3.05) is 5.32 Å². The minimum absolute atomic E-state index is 0.0461. The lowest BCUT2D eigenvalue weighted by molar-refractivity contribution is -0.119. The molecule has 0 fully saturated rings. The molecule has 0 bridgehead atoms. The first-order valence-electron chi connectivity index (χ1n) is 8.26. The van der Waals surface area contributed by atoms with E-state index in [1.54, 1.807) is 18.2 Å². The number of anilines is 1. The van der Waals surface area contributed by atoms with E-state index in [0.29, 0.717) is 5.69 Å². The predicted molar refractivity (Wildman–Crippen MR) is 105 cm³/mol. The van der Waals surface area contributed by atoms with Crippen molar-refractivity contribution >= 4 is 39.5 Å². The van der Waals surface area contributed by atoms with Gasteiger partial charge in [0.05, 0.1) is 0 Å². The summed E-state index contributed by atoms with van der Waals surface area (Å²) in [7, 11) is 0. The third-order valence-corrected chi connectivity index (χ3v) is 4.09. The van der Waals surface area contributed by atoms with Crippen molar-refractivity contribution in [1.82, 2.24) is 5.32 Å². The number of carbonyl (C=O) groups excluding carboxylic acids is 3. The van der Waals surface area contributed by atoms with E-state index in [-0.39, 0.29) is 19.4 Å². The van der Waals surface area contributed by atoms with E-state index in [4.69, 9.17) is 10.5 Å². The van der Waals surface area contributed by atoms with Crippen molar-refractivity contribution in [3.8, 4) is 0 Å². The van der Waals surface area contributed by atoms with E-state index in [0.717, 1.165) is 10.0 Å². The fraction of sp³-hybridized carbons (Fsp3) is 0.211. The van der Waals surface area contributed by atoms with Crippen LogP contribution in [-0.4, -0.2) is 23.9 Å². The van der Waals surface area contributed by atoms with Gasteiger partial charge in [0.2, 0.25) is 11.8 Å². The molecule has 2 aromatic rings. The maximum absolute atomic E-state index is 12.5. The molecule has 0 saturated heterocycles. The first-order valence-corrected chi connectivity index (χ1v) is 9.05. The van der Waals surface area contributed by atoms with E-state index < -0.39 is 23.9 Å². The van der Waals surface area contributed by atoms with Gasteiger partial charge in [0.15, 0.2) is 0 Å². The lowest BCUT2D eigenvalue weighted by Crippen LogP contribution is -2.44. The topological polar surface area (TPSA) is 111 Å². The molecule has 0 saturated carbocycles. The highest BCUT2D eigenvalue weighted by Gasteiger charge is 2.22. The van der Waals surface area contributed by atoms with Gasteiger partial charge in [-0.25, -0.2) is 4.79 Å². The van der Waals surface area contributed by atoms with Gasteiger partial charge in [-0.1, -0.05) is 52.3 Å². The number of hydrogen-bond acceptors (Lipinski definition) is 4. The molecular formula is C19H20BrN3O4. The van der Waals surface area contributed by atoms with Crippen LogP contribution in [0.15, 0.2) is 59.1 Å². The second kappa shape index (κ2) is 10.3. The van der Waals surface area contributed by atoms with Crippen LogP contribution < -0.4 is 16.4 Å². The quantitative estimate of drug-likeness (QED) is 0.593. The first kappa shape index (κ1) is 20.4. The molecule has 1 atom stereocenters. The lowest BCUT2D eigenvalue weighted by Gasteiger charge is -2.18. The second-order valence-corrected chi connectivity index (χ2v) is 6.68. The highest BCUT2D eigenvalue weighted by molar-refractivity contribution is 9.10. The van der Waals surface area contributed by atoms with Crippen molar-refractivity contribution in [1.29, 1.82) is 0 Å². The molecule has 0 aliphatic carbocycles. The van der Waals surface area contributed by atoms with Crippen LogP contribution >= 0.6 is 15.9 Å². The van der Waals surface area contributed by atoms with Crippen molar-refractivity contribution < 1.29 is 19.1 Å². The molecule has 7 nitrogen and oxygen atoms in total. The Balaban J connectivity index is 1.96. The number of nitrogens with two attached hydrogens (primary N) is 1. The summed E-state index contributed by atoms with van der Waals surface area (Å²) in [5, 5.41) is 5.18. The number of ether oxygens (including phenoxy) is 1. The van der Waals surface area contributed by atoms with E-state index in [1.165, 1.54) is 0 Å². The number of alkyl carbamates (subject to hydrolysis) is 1. The number of nitrogens with one attached hydrogen (secondary N) is 2. The highest BCUT2D eigenvalue weighted by atomic mass is 79.9. The molecule has 0 aliphatic rings. The zero-order valence-electron chi connectivity index (χ0n) is 14.5. The first-order chi connectivity index (χ1) is 12.9. The number of hydrogen-bond donors (Lipinski definition) is 3. The zero-order valence-corrected chi connectivity index (χ0v) is 16.1. The summed E-state index contributed by atoms with van der Waals surface area (Å²) < 4.78 is 5.93. The molecule has 0 heterocycles. The second-order valence-electron chi connectivity index (χ2n) is 5.76. The number of carbonyl (C=O) groups is 3. The maximum Gasteiger partial charge on any atom is 0.408 e. The Bertz CT molecular complexity index is 799. The van der Waals surface area contributed by atoms with Gasteiger partial charge in [-0.05, 0) is 30.2 Å². The van der Waals surface area contributed by atoms with Crippen LogP contribution in [-0.2, 0) is 20.9 Å². The van der Waals surface area contributed by atoms with Gasteiger partial charge < -0.3 is 21.1 Å². The summed E-state index contributed by atoms with van der Waals surface area (Å²) in [4.78, 5) is 35.6. The minimum Gasteiger partial charge on any atom is -0.445 e. The summed E-state index contributed by atoms with van der Waals surface area (Å²) >= 11 is 3.32. The zero-order chi connectivity index (χ0) is 19.6.